The van der Waals surface area contributed by atoms with Crippen molar-refractivity contribution in [1.29, 1.82) is 0 Å². The molecule has 1 saturated heterocycles. The van der Waals surface area contributed by atoms with Crippen LogP contribution in [0.5, 0.6) is 11.5 Å². The topological polar surface area (TPSA) is 70.0 Å². The normalized spacial score (nSPS) is 23.8. The highest BCUT2D eigenvalue weighted by atomic mass is 16.6. The summed E-state index contributed by atoms with van der Waals surface area (Å²) in [7, 11) is 0. The van der Waals surface area contributed by atoms with E-state index in [1.165, 1.54) is 0 Å². The molecule has 5 rings (SSSR count). The fourth-order valence-corrected chi connectivity index (χ4v) is 4.05. The van der Waals surface area contributed by atoms with Gasteiger partial charge in [-0.25, -0.2) is 4.79 Å². The Morgan fingerprint density at radius 1 is 1.23 bits per heavy atom. The molecule has 22 heavy (non-hydrogen) atoms. The van der Waals surface area contributed by atoms with Crippen LogP contribution in [0.2, 0.25) is 0 Å². The lowest BCUT2D eigenvalue weighted by Gasteiger charge is -2.37. The minimum atomic E-state index is -0.348. The van der Waals surface area contributed by atoms with Gasteiger partial charge in [-0.1, -0.05) is 24.3 Å². The first-order valence-electron chi connectivity index (χ1n) is 7.31. The van der Waals surface area contributed by atoms with Gasteiger partial charge in [-0.15, -0.1) is 0 Å². The second-order valence-corrected chi connectivity index (χ2v) is 5.97. The van der Waals surface area contributed by atoms with Gasteiger partial charge in [0.05, 0.1) is 0 Å². The van der Waals surface area contributed by atoms with Crippen LogP contribution in [-0.4, -0.2) is 27.8 Å². The number of benzene rings is 2. The summed E-state index contributed by atoms with van der Waals surface area (Å²) in [6, 6.07) is 8.98. The van der Waals surface area contributed by atoms with Gasteiger partial charge in [0.1, 0.15) is 6.04 Å². The van der Waals surface area contributed by atoms with Crippen LogP contribution >= 0.6 is 0 Å². The van der Waals surface area contributed by atoms with Gasteiger partial charge in [0.25, 0.3) is 0 Å². The molecule has 2 aromatic rings. The molecule has 5 nitrogen and oxygen atoms in total. The van der Waals surface area contributed by atoms with Crippen LogP contribution in [0.25, 0.3) is 11.1 Å². The van der Waals surface area contributed by atoms with E-state index in [1.54, 1.807) is 11.0 Å². The van der Waals surface area contributed by atoms with Gasteiger partial charge in [0, 0.05) is 17.7 Å². The third-order valence-corrected chi connectivity index (χ3v) is 4.94. The third kappa shape index (κ3) is 1.23. The second-order valence-electron chi connectivity index (χ2n) is 5.97. The molecule has 0 spiro atoms. The van der Waals surface area contributed by atoms with E-state index in [-0.39, 0.29) is 29.7 Å². The van der Waals surface area contributed by atoms with Crippen LogP contribution in [0.15, 0.2) is 30.3 Å². The van der Waals surface area contributed by atoms with Gasteiger partial charge in [-0.3, -0.25) is 4.90 Å². The molecule has 0 radical (unpaired) electrons. The Morgan fingerprint density at radius 3 is 2.91 bits per heavy atom. The number of carbonyl (C=O) groups is 1. The summed E-state index contributed by atoms with van der Waals surface area (Å²) in [6.07, 6.45) is -0.00789. The van der Waals surface area contributed by atoms with Crippen molar-refractivity contribution >= 4 is 6.09 Å². The first-order valence-corrected chi connectivity index (χ1v) is 7.31. The van der Waals surface area contributed by atoms with Gasteiger partial charge in [0.15, 0.2) is 17.6 Å². The summed E-state index contributed by atoms with van der Waals surface area (Å²) in [4.78, 5) is 13.9. The van der Waals surface area contributed by atoms with Crippen molar-refractivity contribution in [2.75, 3.05) is 6.54 Å². The fraction of sp³-hybridized carbons (Fsp3) is 0.235. The highest BCUT2D eigenvalue weighted by Gasteiger charge is 2.51. The van der Waals surface area contributed by atoms with Gasteiger partial charge < -0.3 is 14.9 Å². The van der Waals surface area contributed by atoms with E-state index in [1.807, 2.05) is 24.3 Å². The standard InChI is InChI=1S/C17H13NO4/c19-11-7-8-5-6-18-14-12(8)13(15(11)20)9-3-1-2-4-10(9)16(14)22-17(18)21/h1-4,7,14,16,19-20H,5-6H2/t14-,16-/m0/s1. The van der Waals surface area contributed by atoms with Crippen molar-refractivity contribution in [2.24, 2.45) is 0 Å². The molecule has 5 heteroatoms. The van der Waals surface area contributed by atoms with Crippen molar-refractivity contribution in [1.82, 2.24) is 4.90 Å². The van der Waals surface area contributed by atoms with Crippen molar-refractivity contribution in [2.45, 2.75) is 18.6 Å². The van der Waals surface area contributed by atoms with E-state index < -0.39 is 0 Å². The van der Waals surface area contributed by atoms with E-state index in [0.717, 1.165) is 22.3 Å². The lowest BCUT2D eigenvalue weighted by molar-refractivity contribution is 0.130. The summed E-state index contributed by atoms with van der Waals surface area (Å²) in [5.41, 5.74) is 4.23. The van der Waals surface area contributed by atoms with Gasteiger partial charge in [-0.2, -0.15) is 0 Å². The van der Waals surface area contributed by atoms with E-state index in [0.29, 0.717) is 18.5 Å². The lowest BCUT2D eigenvalue weighted by Crippen LogP contribution is -2.36. The van der Waals surface area contributed by atoms with Crippen LogP contribution < -0.4 is 0 Å². The number of carbonyl (C=O) groups excluding carboxylic acids is 1. The molecule has 1 aliphatic carbocycles. The monoisotopic (exact) mass is 295 g/mol. The van der Waals surface area contributed by atoms with E-state index in [4.69, 9.17) is 4.74 Å². The molecule has 3 aliphatic rings. The smallest absolute Gasteiger partial charge is 0.411 e. The third-order valence-electron chi connectivity index (χ3n) is 4.94. The highest BCUT2D eigenvalue weighted by molar-refractivity contribution is 5.86. The van der Waals surface area contributed by atoms with Crippen molar-refractivity contribution in [3.05, 3.63) is 47.0 Å². The molecule has 1 amide bonds. The SMILES string of the molecule is O=C1O[C@H]2c3ccccc3-c3c(O)c(O)cc4c3[C@@H]2N1CC4. The summed E-state index contributed by atoms with van der Waals surface area (Å²) in [6.45, 7) is 0.568. The number of amides is 1. The molecule has 0 saturated carbocycles. The Kier molecular flexibility index (Phi) is 2.02. The summed E-state index contributed by atoms with van der Waals surface area (Å²) in [5, 5.41) is 20.5. The number of rotatable bonds is 0. The second kappa shape index (κ2) is 3.74. The molecule has 1 fully saturated rings. The number of nitrogens with zero attached hydrogens (tertiary/aromatic N) is 1. The zero-order valence-corrected chi connectivity index (χ0v) is 11.6. The average molecular weight is 295 g/mol. The summed E-state index contributed by atoms with van der Waals surface area (Å²) in [5.74, 6) is -0.230. The maximum Gasteiger partial charge on any atom is 0.411 e. The molecule has 2 aromatic carbocycles. The number of aromatic hydroxyl groups is 2. The molecular formula is C17H13NO4. The van der Waals surface area contributed by atoms with Gasteiger partial charge >= 0.3 is 6.09 Å². The number of phenolic OH excluding ortho intramolecular Hbond substituents is 2. The lowest BCUT2D eigenvalue weighted by atomic mass is 9.75. The Hall–Kier alpha value is -2.69. The molecule has 2 heterocycles. The molecular weight excluding hydrogens is 282 g/mol. The number of hydrogen-bond donors (Lipinski definition) is 2. The number of ether oxygens (including phenoxy) is 1. The average Bonchev–Trinajstić information content (AvgIpc) is 2.87. The predicted octanol–water partition coefficient (Wildman–Crippen LogP) is 2.87. The minimum absolute atomic E-state index is 0.110. The zero-order chi connectivity index (χ0) is 15.0. The first-order chi connectivity index (χ1) is 10.7. The maximum absolute atomic E-state index is 12.2. The molecule has 0 unspecified atom stereocenters. The van der Waals surface area contributed by atoms with Crippen LogP contribution in [0.3, 0.4) is 0 Å². The van der Waals surface area contributed by atoms with E-state index >= 15 is 0 Å². The fourth-order valence-electron chi connectivity index (χ4n) is 4.05. The Labute approximate surface area is 126 Å². The van der Waals surface area contributed by atoms with Crippen LogP contribution in [0, 0.1) is 0 Å². The van der Waals surface area contributed by atoms with Crippen LogP contribution in [0.4, 0.5) is 4.79 Å². The summed E-state index contributed by atoms with van der Waals surface area (Å²) < 4.78 is 5.60. The highest BCUT2D eigenvalue weighted by Crippen LogP contribution is 2.58. The van der Waals surface area contributed by atoms with Crippen LogP contribution in [-0.2, 0) is 11.2 Å². The number of phenols is 2. The van der Waals surface area contributed by atoms with E-state index in [2.05, 4.69) is 0 Å². The van der Waals surface area contributed by atoms with Crippen molar-refractivity contribution < 1.29 is 19.7 Å². The Bertz CT molecular complexity index is 845. The predicted molar refractivity (Wildman–Crippen MR) is 77.6 cm³/mol. The molecule has 2 N–H and O–H groups in total. The molecule has 2 aliphatic heterocycles. The number of hydrogen-bond acceptors (Lipinski definition) is 4. The zero-order valence-electron chi connectivity index (χ0n) is 11.6. The molecule has 2 atom stereocenters. The number of fused-ring (bicyclic) bond motifs is 3. The summed E-state index contributed by atoms with van der Waals surface area (Å²) >= 11 is 0. The first kappa shape index (κ1) is 11.9. The minimum Gasteiger partial charge on any atom is -0.504 e. The Morgan fingerprint density at radius 2 is 2.05 bits per heavy atom. The largest absolute Gasteiger partial charge is 0.504 e. The van der Waals surface area contributed by atoms with Crippen molar-refractivity contribution in [3.63, 3.8) is 0 Å². The quantitative estimate of drug-likeness (QED) is 0.733. The molecule has 110 valence electrons. The van der Waals surface area contributed by atoms with Crippen molar-refractivity contribution in [3.8, 4) is 22.6 Å². The van der Waals surface area contributed by atoms with Crippen LogP contribution in [0.1, 0.15) is 28.8 Å². The maximum atomic E-state index is 12.2. The van der Waals surface area contributed by atoms with Gasteiger partial charge in [0.2, 0.25) is 0 Å². The molecule has 0 bridgehead atoms. The van der Waals surface area contributed by atoms with E-state index in [9.17, 15) is 15.0 Å². The molecule has 0 aromatic heterocycles. The Balaban J connectivity index is 1.93. The van der Waals surface area contributed by atoms with Gasteiger partial charge in [-0.05, 0) is 29.2 Å².